The van der Waals surface area contributed by atoms with E-state index >= 15 is 0 Å². The molecule has 0 spiro atoms. The van der Waals surface area contributed by atoms with Crippen LogP contribution >= 0.6 is 12.6 Å². The lowest BCUT2D eigenvalue weighted by Gasteiger charge is -2.18. The second kappa shape index (κ2) is 3.81. The summed E-state index contributed by atoms with van der Waals surface area (Å²) in [7, 11) is 0. The van der Waals surface area contributed by atoms with Crippen LogP contribution in [-0.2, 0) is 10.2 Å². The number of thiol groups is 1. The summed E-state index contributed by atoms with van der Waals surface area (Å²) in [6.07, 6.45) is 0. The molecule has 0 atom stereocenters. The van der Waals surface area contributed by atoms with Gasteiger partial charge in [0.2, 0.25) is 0 Å². The van der Waals surface area contributed by atoms with E-state index in [-0.39, 0.29) is 10.2 Å². The molecule has 0 amide bonds. The van der Waals surface area contributed by atoms with Crippen LogP contribution in [0.2, 0.25) is 0 Å². The molecule has 0 unspecified atom stereocenters. The molecule has 1 aromatic carbocycles. The summed E-state index contributed by atoms with van der Waals surface area (Å²) in [5.41, 5.74) is 2.40. The third kappa shape index (κ3) is 2.52. The van der Waals surface area contributed by atoms with Gasteiger partial charge in [0.15, 0.2) is 0 Å². The van der Waals surface area contributed by atoms with E-state index in [9.17, 15) is 0 Å². The molecule has 0 bridgehead atoms. The molecule has 1 heterocycles. The highest BCUT2D eigenvalue weighted by Crippen LogP contribution is 2.34. The molecule has 0 fully saturated rings. The lowest BCUT2D eigenvalue weighted by Crippen LogP contribution is -2.10. The molecule has 0 saturated heterocycles. The van der Waals surface area contributed by atoms with Gasteiger partial charge in [0.05, 0.1) is 4.75 Å². The fraction of sp³-hybridized carbons (Fsp3) is 0.467. The van der Waals surface area contributed by atoms with Crippen molar-refractivity contribution in [3.63, 3.8) is 0 Å². The topological polar surface area (TPSA) is 13.1 Å². The maximum atomic E-state index is 5.89. The average molecular weight is 248 g/mol. The van der Waals surface area contributed by atoms with E-state index in [0.29, 0.717) is 0 Å². The monoisotopic (exact) mass is 248 g/mol. The van der Waals surface area contributed by atoms with Crippen LogP contribution in [0.3, 0.4) is 0 Å². The van der Waals surface area contributed by atoms with Gasteiger partial charge in [-0.25, -0.2) is 0 Å². The maximum Gasteiger partial charge on any atom is 0.134 e. The van der Waals surface area contributed by atoms with Crippen molar-refractivity contribution in [2.75, 3.05) is 0 Å². The van der Waals surface area contributed by atoms with Crippen LogP contribution in [0.4, 0.5) is 0 Å². The van der Waals surface area contributed by atoms with E-state index in [1.54, 1.807) is 0 Å². The predicted octanol–water partition coefficient (Wildman–Crippen LogP) is 4.90. The quantitative estimate of drug-likeness (QED) is 0.709. The Morgan fingerprint density at radius 1 is 1.00 bits per heavy atom. The molecular weight excluding hydrogens is 228 g/mol. The van der Waals surface area contributed by atoms with Gasteiger partial charge in [0, 0.05) is 5.39 Å². The van der Waals surface area contributed by atoms with Crippen molar-refractivity contribution in [3.8, 4) is 0 Å². The van der Waals surface area contributed by atoms with Crippen LogP contribution in [0.1, 0.15) is 45.9 Å². The van der Waals surface area contributed by atoms with Gasteiger partial charge in [-0.2, -0.15) is 12.6 Å². The fourth-order valence-corrected chi connectivity index (χ4v) is 1.91. The standard InChI is InChI=1S/C15H20OS/c1-14(2,3)11-7-6-10-8-13(15(4,5)17)16-12(10)9-11/h6-9,17H,1-5H3. The van der Waals surface area contributed by atoms with Crippen LogP contribution in [-0.4, -0.2) is 0 Å². The normalized spacial score (nSPS) is 13.3. The van der Waals surface area contributed by atoms with Gasteiger partial charge >= 0.3 is 0 Å². The van der Waals surface area contributed by atoms with Crippen LogP contribution in [0.15, 0.2) is 28.7 Å². The molecule has 0 aliphatic heterocycles. The third-order valence-electron chi connectivity index (χ3n) is 2.99. The smallest absolute Gasteiger partial charge is 0.134 e. The van der Waals surface area contributed by atoms with Crippen molar-refractivity contribution < 1.29 is 4.42 Å². The van der Waals surface area contributed by atoms with Gasteiger partial charge in [0.1, 0.15) is 11.3 Å². The Balaban J connectivity index is 2.56. The molecule has 2 aromatic rings. The number of fused-ring (bicyclic) bond motifs is 1. The summed E-state index contributed by atoms with van der Waals surface area (Å²) in [4.78, 5) is 0. The zero-order valence-corrected chi connectivity index (χ0v) is 12.1. The second-order valence-corrected chi connectivity index (χ2v) is 7.29. The summed E-state index contributed by atoms with van der Waals surface area (Å²) >= 11 is 4.54. The lowest BCUT2D eigenvalue weighted by atomic mass is 9.87. The second-order valence-electron chi connectivity index (χ2n) is 6.17. The molecule has 0 aliphatic carbocycles. The van der Waals surface area contributed by atoms with E-state index in [2.05, 4.69) is 57.7 Å². The number of hydrogen-bond acceptors (Lipinski definition) is 2. The first kappa shape index (κ1) is 12.6. The molecule has 0 radical (unpaired) electrons. The van der Waals surface area contributed by atoms with Gasteiger partial charge in [-0.1, -0.05) is 32.9 Å². The summed E-state index contributed by atoms with van der Waals surface area (Å²) in [6, 6.07) is 8.52. The number of hydrogen-bond donors (Lipinski definition) is 1. The van der Waals surface area contributed by atoms with Crippen LogP contribution in [0.5, 0.6) is 0 Å². The Hall–Kier alpha value is -0.890. The molecule has 2 heteroatoms. The van der Waals surface area contributed by atoms with Gasteiger partial charge < -0.3 is 4.42 Å². The van der Waals surface area contributed by atoms with Gasteiger partial charge in [-0.3, -0.25) is 0 Å². The van der Waals surface area contributed by atoms with Crippen molar-refractivity contribution >= 4 is 23.6 Å². The molecular formula is C15H20OS. The van der Waals surface area contributed by atoms with Gasteiger partial charge in [0.25, 0.3) is 0 Å². The van der Waals surface area contributed by atoms with E-state index in [1.165, 1.54) is 5.56 Å². The first-order valence-electron chi connectivity index (χ1n) is 5.95. The fourth-order valence-electron chi connectivity index (χ4n) is 1.80. The molecule has 92 valence electrons. The van der Waals surface area contributed by atoms with Crippen molar-refractivity contribution in [2.45, 2.75) is 44.8 Å². The van der Waals surface area contributed by atoms with Crippen molar-refractivity contribution in [1.82, 2.24) is 0 Å². The highest BCUT2D eigenvalue weighted by atomic mass is 32.1. The summed E-state index contributed by atoms with van der Waals surface area (Å²) < 4.78 is 5.66. The minimum Gasteiger partial charge on any atom is -0.460 e. The molecule has 2 rings (SSSR count). The van der Waals surface area contributed by atoms with Crippen molar-refractivity contribution in [2.24, 2.45) is 0 Å². The number of furan rings is 1. The Kier molecular flexibility index (Phi) is 2.81. The summed E-state index contributed by atoms with van der Waals surface area (Å²) in [6.45, 7) is 10.7. The minimum absolute atomic E-state index is 0.150. The van der Waals surface area contributed by atoms with Crippen molar-refractivity contribution in [3.05, 3.63) is 35.6 Å². The highest BCUT2D eigenvalue weighted by molar-refractivity contribution is 7.81. The average Bonchev–Trinajstić information content (AvgIpc) is 2.57. The Morgan fingerprint density at radius 2 is 1.65 bits per heavy atom. The zero-order chi connectivity index (χ0) is 12.8. The Morgan fingerprint density at radius 3 is 2.18 bits per heavy atom. The van der Waals surface area contributed by atoms with Gasteiger partial charge in [-0.05, 0) is 37.0 Å². The maximum absolute atomic E-state index is 5.89. The minimum atomic E-state index is -0.235. The lowest BCUT2D eigenvalue weighted by molar-refractivity contribution is 0.500. The molecule has 1 nitrogen and oxygen atoms in total. The molecule has 17 heavy (non-hydrogen) atoms. The molecule has 0 saturated carbocycles. The van der Waals surface area contributed by atoms with Crippen LogP contribution in [0, 0.1) is 0 Å². The van der Waals surface area contributed by atoms with E-state index in [0.717, 1.165) is 16.7 Å². The SMILES string of the molecule is CC(C)(C)c1ccc2cc(C(C)(C)S)oc2c1. The summed E-state index contributed by atoms with van der Waals surface area (Å²) in [5.74, 6) is 0.918. The van der Waals surface area contributed by atoms with Crippen LogP contribution < -0.4 is 0 Å². The third-order valence-corrected chi connectivity index (χ3v) is 3.21. The van der Waals surface area contributed by atoms with Gasteiger partial charge in [-0.15, -0.1) is 0 Å². The number of benzene rings is 1. The Labute approximate surface area is 109 Å². The van der Waals surface area contributed by atoms with E-state index in [1.807, 2.05) is 13.8 Å². The van der Waals surface area contributed by atoms with Crippen LogP contribution in [0.25, 0.3) is 11.0 Å². The van der Waals surface area contributed by atoms with E-state index in [4.69, 9.17) is 4.42 Å². The largest absolute Gasteiger partial charge is 0.460 e. The highest BCUT2D eigenvalue weighted by Gasteiger charge is 2.21. The Bertz CT molecular complexity index is 526. The molecule has 0 aliphatic rings. The first-order valence-corrected chi connectivity index (χ1v) is 6.39. The number of rotatable bonds is 1. The zero-order valence-electron chi connectivity index (χ0n) is 11.2. The summed E-state index contributed by atoms with van der Waals surface area (Å²) in [5, 5.41) is 1.15. The molecule has 1 aromatic heterocycles. The van der Waals surface area contributed by atoms with Crippen molar-refractivity contribution in [1.29, 1.82) is 0 Å². The molecule has 0 N–H and O–H groups in total. The van der Waals surface area contributed by atoms with E-state index < -0.39 is 0 Å². The predicted molar refractivity (Wildman–Crippen MR) is 76.9 cm³/mol. The first-order chi connectivity index (χ1) is 7.68.